The summed E-state index contributed by atoms with van der Waals surface area (Å²) in [5.41, 5.74) is 0. The largest absolute Gasteiger partial charge is 0.467 e. The third kappa shape index (κ3) is 4.25. The molecule has 0 aliphatic heterocycles. The van der Waals surface area contributed by atoms with Gasteiger partial charge in [0.2, 0.25) is 5.91 Å². The molecule has 1 amide bonds. The highest BCUT2D eigenvalue weighted by Gasteiger charge is 2.37. The summed E-state index contributed by atoms with van der Waals surface area (Å²) < 4.78 is 30.3. The van der Waals surface area contributed by atoms with Crippen LogP contribution in [0.3, 0.4) is 0 Å². The van der Waals surface area contributed by atoms with Gasteiger partial charge in [0, 0.05) is 17.5 Å². The van der Waals surface area contributed by atoms with Gasteiger partial charge in [-0.25, -0.2) is 8.42 Å². The van der Waals surface area contributed by atoms with E-state index < -0.39 is 9.84 Å². The number of halogens is 1. The molecule has 0 N–H and O–H groups in total. The zero-order valence-corrected chi connectivity index (χ0v) is 15.5. The standard InChI is InChI=1S/C18H20ClNO4S/c1-13(17-3-2-11-24-17)20(15-6-7-15)18(21)10-12-25(22,23)16-8-4-14(19)5-9-16/h2-5,8-9,11,13,15H,6-7,10,12H2,1H3. The van der Waals surface area contributed by atoms with Gasteiger partial charge in [-0.1, -0.05) is 11.6 Å². The van der Waals surface area contributed by atoms with E-state index in [1.54, 1.807) is 17.2 Å². The van der Waals surface area contributed by atoms with E-state index in [2.05, 4.69) is 0 Å². The predicted molar refractivity (Wildman–Crippen MR) is 95.1 cm³/mol. The first-order valence-corrected chi connectivity index (χ1v) is 10.2. The van der Waals surface area contributed by atoms with Gasteiger partial charge in [0.05, 0.1) is 23.0 Å². The number of benzene rings is 1. The fraction of sp³-hybridized carbons (Fsp3) is 0.389. The fourth-order valence-corrected chi connectivity index (χ4v) is 4.22. The summed E-state index contributed by atoms with van der Waals surface area (Å²) in [5.74, 6) is 0.325. The van der Waals surface area contributed by atoms with Gasteiger partial charge < -0.3 is 9.32 Å². The molecule has 134 valence electrons. The minimum absolute atomic E-state index is 0.0491. The van der Waals surface area contributed by atoms with E-state index in [-0.39, 0.29) is 35.1 Å². The summed E-state index contributed by atoms with van der Waals surface area (Å²) in [6.45, 7) is 1.91. The molecule has 7 heteroatoms. The highest BCUT2D eigenvalue weighted by molar-refractivity contribution is 7.91. The van der Waals surface area contributed by atoms with Crippen LogP contribution in [0.4, 0.5) is 0 Å². The third-order valence-corrected chi connectivity index (χ3v) is 6.34. The zero-order chi connectivity index (χ0) is 18.0. The molecule has 1 aliphatic rings. The van der Waals surface area contributed by atoms with Crippen LogP contribution in [0.15, 0.2) is 52.0 Å². The molecule has 1 atom stereocenters. The molecule has 0 bridgehead atoms. The molecule has 2 aromatic rings. The van der Waals surface area contributed by atoms with Crippen molar-refractivity contribution in [3.63, 3.8) is 0 Å². The maximum Gasteiger partial charge on any atom is 0.224 e. The monoisotopic (exact) mass is 381 g/mol. The van der Waals surface area contributed by atoms with E-state index in [9.17, 15) is 13.2 Å². The number of rotatable bonds is 7. The van der Waals surface area contributed by atoms with Crippen molar-refractivity contribution in [1.82, 2.24) is 4.90 Å². The summed E-state index contributed by atoms with van der Waals surface area (Å²) >= 11 is 5.79. The molecule has 25 heavy (non-hydrogen) atoms. The van der Waals surface area contributed by atoms with Crippen molar-refractivity contribution in [3.05, 3.63) is 53.4 Å². The average Bonchev–Trinajstić information content (AvgIpc) is 3.25. The normalized spacial score (nSPS) is 15.8. The number of carbonyl (C=O) groups is 1. The minimum atomic E-state index is -3.52. The van der Waals surface area contributed by atoms with Crippen LogP contribution < -0.4 is 0 Å². The molecule has 1 saturated carbocycles. The van der Waals surface area contributed by atoms with Crippen molar-refractivity contribution in [2.45, 2.75) is 43.2 Å². The van der Waals surface area contributed by atoms with Crippen molar-refractivity contribution < 1.29 is 17.6 Å². The maximum atomic E-state index is 12.7. The van der Waals surface area contributed by atoms with Gasteiger partial charge in [-0.3, -0.25) is 4.79 Å². The van der Waals surface area contributed by atoms with E-state index in [1.165, 1.54) is 24.3 Å². The Morgan fingerprint density at radius 1 is 1.28 bits per heavy atom. The first kappa shape index (κ1) is 18.0. The second-order valence-corrected chi connectivity index (χ2v) is 8.79. The molecule has 0 spiro atoms. The lowest BCUT2D eigenvalue weighted by Gasteiger charge is -2.28. The molecular formula is C18H20ClNO4S. The smallest absolute Gasteiger partial charge is 0.224 e. The molecule has 5 nitrogen and oxygen atoms in total. The molecule has 0 saturated heterocycles. The van der Waals surface area contributed by atoms with Crippen molar-refractivity contribution >= 4 is 27.3 Å². The molecule has 1 aliphatic carbocycles. The van der Waals surface area contributed by atoms with Crippen molar-refractivity contribution in [2.24, 2.45) is 0 Å². The number of sulfone groups is 1. The van der Waals surface area contributed by atoms with E-state index in [4.69, 9.17) is 16.0 Å². The summed E-state index contributed by atoms with van der Waals surface area (Å²) in [4.78, 5) is 14.6. The number of nitrogens with zero attached hydrogens (tertiary/aromatic N) is 1. The Labute approximate surface area is 152 Å². The van der Waals surface area contributed by atoms with Crippen LogP contribution in [0.25, 0.3) is 0 Å². The molecule has 1 aromatic heterocycles. The maximum absolute atomic E-state index is 12.7. The van der Waals surface area contributed by atoms with E-state index in [1.807, 2.05) is 13.0 Å². The zero-order valence-electron chi connectivity index (χ0n) is 13.9. The van der Waals surface area contributed by atoms with E-state index in [0.717, 1.165) is 12.8 Å². The summed E-state index contributed by atoms with van der Waals surface area (Å²) in [7, 11) is -3.52. The van der Waals surface area contributed by atoms with Crippen LogP contribution in [-0.4, -0.2) is 31.0 Å². The topological polar surface area (TPSA) is 67.6 Å². The van der Waals surface area contributed by atoms with Crippen molar-refractivity contribution in [2.75, 3.05) is 5.75 Å². The first-order valence-electron chi connectivity index (χ1n) is 8.21. The second kappa shape index (κ2) is 7.22. The van der Waals surface area contributed by atoms with Crippen LogP contribution in [0.5, 0.6) is 0 Å². The quantitative estimate of drug-likeness (QED) is 0.730. The summed E-state index contributed by atoms with van der Waals surface area (Å²) in [5, 5.41) is 0.474. The van der Waals surface area contributed by atoms with E-state index >= 15 is 0 Å². The molecule has 1 fully saturated rings. The SMILES string of the molecule is CC(c1ccco1)N(C(=O)CCS(=O)(=O)c1ccc(Cl)cc1)C1CC1. The number of amides is 1. The van der Waals surface area contributed by atoms with Gasteiger partial charge in [0.25, 0.3) is 0 Å². The van der Waals surface area contributed by atoms with Gasteiger partial charge in [-0.05, 0) is 56.2 Å². The molecule has 1 unspecified atom stereocenters. The van der Waals surface area contributed by atoms with Gasteiger partial charge >= 0.3 is 0 Å². The van der Waals surface area contributed by atoms with Gasteiger partial charge in [0.15, 0.2) is 9.84 Å². The Kier molecular flexibility index (Phi) is 5.20. The number of hydrogen-bond acceptors (Lipinski definition) is 4. The van der Waals surface area contributed by atoms with Crippen LogP contribution in [0, 0.1) is 0 Å². The lowest BCUT2D eigenvalue weighted by atomic mass is 10.2. The third-order valence-electron chi connectivity index (χ3n) is 4.36. The average molecular weight is 382 g/mol. The molecule has 1 aromatic carbocycles. The van der Waals surface area contributed by atoms with Crippen molar-refractivity contribution in [1.29, 1.82) is 0 Å². The summed E-state index contributed by atoms with van der Waals surface area (Å²) in [6.07, 6.45) is 3.42. The Balaban J connectivity index is 1.68. The van der Waals surface area contributed by atoms with Crippen LogP contribution >= 0.6 is 11.6 Å². The number of furan rings is 1. The molecule has 0 radical (unpaired) electrons. The summed E-state index contributed by atoms with van der Waals surface area (Å²) in [6, 6.07) is 9.58. The number of hydrogen-bond donors (Lipinski definition) is 0. The highest BCUT2D eigenvalue weighted by Crippen LogP contribution is 2.35. The Morgan fingerprint density at radius 2 is 1.96 bits per heavy atom. The molecular weight excluding hydrogens is 362 g/mol. The van der Waals surface area contributed by atoms with Gasteiger partial charge in [0.1, 0.15) is 5.76 Å². The highest BCUT2D eigenvalue weighted by atomic mass is 35.5. The van der Waals surface area contributed by atoms with E-state index in [0.29, 0.717) is 10.8 Å². The molecule has 3 rings (SSSR count). The fourth-order valence-electron chi connectivity index (χ4n) is 2.87. The lowest BCUT2D eigenvalue weighted by Crippen LogP contribution is -2.36. The van der Waals surface area contributed by atoms with Crippen LogP contribution in [-0.2, 0) is 14.6 Å². The predicted octanol–water partition coefficient (Wildman–Crippen LogP) is 3.85. The molecule has 1 heterocycles. The van der Waals surface area contributed by atoms with Crippen LogP contribution in [0.2, 0.25) is 5.02 Å². The second-order valence-electron chi connectivity index (χ2n) is 6.25. The minimum Gasteiger partial charge on any atom is -0.467 e. The lowest BCUT2D eigenvalue weighted by molar-refractivity contribution is -0.134. The van der Waals surface area contributed by atoms with Crippen LogP contribution in [0.1, 0.15) is 38.0 Å². The Morgan fingerprint density at radius 3 is 2.52 bits per heavy atom. The Hall–Kier alpha value is -1.79. The van der Waals surface area contributed by atoms with Crippen molar-refractivity contribution in [3.8, 4) is 0 Å². The van der Waals surface area contributed by atoms with Gasteiger partial charge in [-0.2, -0.15) is 0 Å². The Bertz CT molecular complexity index is 826. The number of carbonyl (C=O) groups excluding carboxylic acids is 1. The first-order chi connectivity index (χ1) is 11.9. The van der Waals surface area contributed by atoms with Gasteiger partial charge in [-0.15, -0.1) is 0 Å².